The van der Waals surface area contributed by atoms with Gasteiger partial charge in [-0.1, -0.05) is 189 Å². The van der Waals surface area contributed by atoms with Crippen LogP contribution in [0.2, 0.25) is 0 Å². The maximum absolute atomic E-state index is 2.52. The lowest BCUT2D eigenvalue weighted by Crippen LogP contribution is -2.18. The topological polar surface area (TPSA) is 6.48 Å². The normalized spacial score (nSPS) is 15.7. The van der Waals surface area contributed by atoms with Crippen molar-refractivity contribution in [3.8, 4) is 44.5 Å². The van der Waals surface area contributed by atoms with Gasteiger partial charge in [0.25, 0.3) is 0 Å². The highest BCUT2D eigenvalue weighted by atomic mass is 15.1. The maximum atomic E-state index is 2.52. The fourth-order valence-electron chi connectivity index (χ4n) is 15.1. The molecule has 378 valence electrons. The van der Waals surface area contributed by atoms with Crippen molar-refractivity contribution in [2.45, 2.75) is 90.9 Å². The van der Waals surface area contributed by atoms with Gasteiger partial charge in [0, 0.05) is 55.8 Å². The largest absolute Gasteiger partial charge is 0.310 e. The van der Waals surface area contributed by atoms with Crippen LogP contribution in [-0.2, 0) is 21.7 Å². The zero-order valence-electron chi connectivity index (χ0n) is 46.5. The van der Waals surface area contributed by atoms with E-state index in [0.717, 1.165) is 11.4 Å². The summed E-state index contributed by atoms with van der Waals surface area (Å²) in [6.45, 7) is 23.7. The van der Waals surface area contributed by atoms with Crippen molar-refractivity contribution < 1.29 is 0 Å². The molecule has 0 saturated heterocycles. The molecule has 2 nitrogen and oxygen atoms in total. The third-order valence-electron chi connectivity index (χ3n) is 19.4. The van der Waals surface area contributed by atoms with Crippen LogP contribution in [0.15, 0.2) is 206 Å². The predicted molar refractivity (Wildman–Crippen MR) is 331 cm³/mol. The lowest BCUT2D eigenvalue weighted by atomic mass is 9.82. The van der Waals surface area contributed by atoms with Gasteiger partial charge in [0.2, 0.25) is 0 Å². The molecule has 0 radical (unpaired) electrons. The minimum absolute atomic E-state index is 0.133. The Morgan fingerprint density at radius 1 is 0.218 bits per heavy atom. The Morgan fingerprint density at radius 3 is 0.705 bits per heavy atom. The molecule has 0 aliphatic heterocycles. The lowest BCUT2D eigenvalue weighted by molar-refractivity contribution is 0.659. The standard InChI is InChI=1S/C76H64N2/c1-45-53-33-27-48(78(51-31-37-61-57-21-13-17-25-67(57)75(7,8)71(61)43-51)52-32-38-62-58-22-14-18-26-68(58)76(9,10)72(62)44-52)40-64(53)46(2)54-34-28-47(39-63(45)54)77(49-29-35-59-55-19-11-15-23-65(55)73(3,4)69(59)41-49)50-30-36-60-56-20-12-16-24-66(56)74(5,6)70(60)42-50/h11-44H,1-10H3. The first kappa shape index (κ1) is 46.8. The summed E-state index contributed by atoms with van der Waals surface area (Å²) in [7, 11) is 0. The van der Waals surface area contributed by atoms with Crippen molar-refractivity contribution in [1.82, 2.24) is 0 Å². The second kappa shape index (κ2) is 16.1. The summed E-state index contributed by atoms with van der Waals surface area (Å²) in [5.41, 5.74) is 30.7. The molecule has 4 aliphatic carbocycles. The number of nitrogens with zero attached hydrogens (tertiary/aromatic N) is 2. The van der Waals surface area contributed by atoms with Crippen LogP contribution in [0.4, 0.5) is 34.1 Å². The third kappa shape index (κ3) is 6.32. The third-order valence-corrected chi connectivity index (χ3v) is 19.4. The van der Waals surface area contributed by atoms with E-state index < -0.39 is 0 Å². The monoisotopic (exact) mass is 1000 g/mol. The Bertz CT molecular complexity index is 3930. The van der Waals surface area contributed by atoms with Crippen LogP contribution in [0, 0.1) is 13.8 Å². The zero-order valence-corrected chi connectivity index (χ0v) is 46.5. The van der Waals surface area contributed by atoms with Gasteiger partial charge in [-0.25, -0.2) is 0 Å². The molecule has 2 heteroatoms. The minimum atomic E-state index is -0.133. The van der Waals surface area contributed by atoms with Crippen molar-refractivity contribution in [3.63, 3.8) is 0 Å². The first-order valence-corrected chi connectivity index (χ1v) is 28.1. The zero-order chi connectivity index (χ0) is 53.4. The summed E-state index contributed by atoms with van der Waals surface area (Å²) in [4.78, 5) is 5.04. The van der Waals surface area contributed by atoms with E-state index in [4.69, 9.17) is 0 Å². The molecule has 15 rings (SSSR count). The first-order chi connectivity index (χ1) is 37.5. The number of rotatable bonds is 6. The van der Waals surface area contributed by atoms with Crippen LogP contribution in [0.3, 0.4) is 0 Å². The molecule has 0 spiro atoms. The van der Waals surface area contributed by atoms with E-state index in [1.807, 2.05) is 0 Å². The van der Waals surface area contributed by atoms with Crippen LogP contribution in [0.5, 0.6) is 0 Å². The quantitative estimate of drug-likeness (QED) is 0.153. The van der Waals surface area contributed by atoms with Crippen molar-refractivity contribution in [1.29, 1.82) is 0 Å². The van der Waals surface area contributed by atoms with Gasteiger partial charge < -0.3 is 9.80 Å². The molecule has 0 amide bonds. The molecule has 0 N–H and O–H groups in total. The van der Waals surface area contributed by atoms with E-state index in [1.54, 1.807) is 0 Å². The summed E-state index contributed by atoms with van der Waals surface area (Å²) in [6, 6.07) is 79.1. The van der Waals surface area contributed by atoms with E-state index in [0.29, 0.717) is 0 Å². The summed E-state index contributed by atoms with van der Waals surface area (Å²) < 4.78 is 0. The van der Waals surface area contributed by atoms with Gasteiger partial charge >= 0.3 is 0 Å². The highest BCUT2D eigenvalue weighted by Crippen LogP contribution is 2.56. The van der Waals surface area contributed by atoms with Crippen molar-refractivity contribution >= 4 is 55.7 Å². The van der Waals surface area contributed by atoms with Gasteiger partial charge in [0.15, 0.2) is 0 Å². The van der Waals surface area contributed by atoms with Crippen LogP contribution >= 0.6 is 0 Å². The molecule has 4 aliphatic rings. The van der Waals surface area contributed by atoms with E-state index >= 15 is 0 Å². The van der Waals surface area contributed by atoms with Crippen LogP contribution in [0.1, 0.15) is 111 Å². The van der Waals surface area contributed by atoms with E-state index in [1.165, 1.54) is 144 Å². The SMILES string of the molecule is Cc1c2ccc(N(c3ccc4c(c3)C(C)(C)c3ccccc3-4)c3ccc4c(c3)C(C)(C)c3ccccc3-4)cc2c(C)c2ccc(N(c3ccc4c(c3)C(C)(C)c3ccccc3-4)c3ccc4c(c3)C(C)(C)c3ccccc3-4)cc12. The Morgan fingerprint density at radius 2 is 0.436 bits per heavy atom. The molecule has 0 fully saturated rings. The highest BCUT2D eigenvalue weighted by molar-refractivity contribution is 6.08. The van der Waals surface area contributed by atoms with Gasteiger partial charge in [-0.05, 0) is 208 Å². The molecular formula is C76H64N2. The fraction of sp³-hybridized carbons (Fsp3) is 0.184. The average Bonchev–Trinajstić information content (AvgIpc) is 4.07. The molecule has 0 aromatic heterocycles. The molecular weight excluding hydrogens is 941 g/mol. The van der Waals surface area contributed by atoms with Crippen LogP contribution in [0.25, 0.3) is 66.1 Å². The van der Waals surface area contributed by atoms with Crippen molar-refractivity contribution in [3.05, 3.63) is 262 Å². The van der Waals surface area contributed by atoms with Gasteiger partial charge in [0.1, 0.15) is 0 Å². The summed E-state index contributed by atoms with van der Waals surface area (Å²) in [5.74, 6) is 0. The van der Waals surface area contributed by atoms with Crippen molar-refractivity contribution in [2.75, 3.05) is 9.80 Å². The molecule has 0 heterocycles. The summed E-state index contributed by atoms with van der Waals surface area (Å²) in [5, 5.41) is 5.10. The number of fused-ring (bicyclic) bond motifs is 14. The number of hydrogen-bond acceptors (Lipinski definition) is 2. The number of aryl methyl sites for hydroxylation is 2. The summed E-state index contributed by atoms with van der Waals surface area (Å²) >= 11 is 0. The van der Waals surface area contributed by atoms with Crippen molar-refractivity contribution in [2.24, 2.45) is 0 Å². The average molecular weight is 1010 g/mol. The van der Waals surface area contributed by atoms with E-state index in [-0.39, 0.29) is 21.7 Å². The second-order valence-electron chi connectivity index (χ2n) is 25.0. The number of anilines is 6. The maximum Gasteiger partial charge on any atom is 0.0468 e. The Balaban J connectivity index is 0.893. The number of hydrogen-bond donors (Lipinski definition) is 0. The van der Waals surface area contributed by atoms with Crippen LogP contribution < -0.4 is 9.80 Å². The van der Waals surface area contributed by atoms with Gasteiger partial charge in [0.05, 0.1) is 0 Å². The highest BCUT2D eigenvalue weighted by Gasteiger charge is 2.40. The molecule has 0 atom stereocenters. The fourth-order valence-corrected chi connectivity index (χ4v) is 15.1. The number of benzene rings is 11. The van der Waals surface area contributed by atoms with Gasteiger partial charge in [-0.2, -0.15) is 0 Å². The molecule has 78 heavy (non-hydrogen) atoms. The smallest absolute Gasteiger partial charge is 0.0468 e. The van der Waals surface area contributed by atoms with Crippen LogP contribution in [-0.4, -0.2) is 0 Å². The minimum Gasteiger partial charge on any atom is -0.310 e. The molecule has 0 unspecified atom stereocenters. The first-order valence-electron chi connectivity index (χ1n) is 28.1. The molecule has 11 aromatic rings. The predicted octanol–water partition coefficient (Wildman–Crippen LogP) is 20.8. The Hall–Kier alpha value is -8.46. The van der Waals surface area contributed by atoms with Gasteiger partial charge in [-0.15, -0.1) is 0 Å². The Kier molecular flexibility index (Phi) is 9.64. The molecule has 0 saturated carbocycles. The lowest BCUT2D eigenvalue weighted by Gasteiger charge is -2.30. The van der Waals surface area contributed by atoms with Gasteiger partial charge in [-0.3, -0.25) is 0 Å². The molecule has 11 aromatic carbocycles. The van der Waals surface area contributed by atoms with E-state index in [2.05, 4.69) is 285 Å². The summed E-state index contributed by atoms with van der Waals surface area (Å²) in [6.07, 6.45) is 0. The van der Waals surface area contributed by atoms with E-state index in [9.17, 15) is 0 Å². The molecule has 0 bridgehead atoms. The Labute approximate surface area is 460 Å². The second-order valence-corrected chi connectivity index (χ2v) is 25.0.